The van der Waals surface area contributed by atoms with Crippen molar-refractivity contribution in [2.75, 3.05) is 7.11 Å². The summed E-state index contributed by atoms with van der Waals surface area (Å²) in [6, 6.07) is 12.3. The lowest BCUT2D eigenvalue weighted by molar-refractivity contribution is -0.115. The van der Waals surface area contributed by atoms with Crippen molar-refractivity contribution in [3.8, 4) is 5.75 Å². The van der Waals surface area contributed by atoms with Crippen LogP contribution in [0.2, 0.25) is 0 Å². The lowest BCUT2D eigenvalue weighted by Gasteiger charge is -2.24. The maximum atomic E-state index is 13.3. The highest BCUT2D eigenvalue weighted by molar-refractivity contribution is 7.07. The monoisotopic (exact) mass is 423 g/mol. The first kappa shape index (κ1) is 19.8. The fourth-order valence-electron chi connectivity index (χ4n) is 3.45. The van der Waals surface area contributed by atoms with E-state index in [9.17, 15) is 14.0 Å². The number of ether oxygens (including phenoxy) is 1. The van der Waals surface area contributed by atoms with Crippen LogP contribution in [0.1, 0.15) is 24.1 Å². The number of hydrogen-bond donors (Lipinski definition) is 1. The molecule has 1 aliphatic rings. The SMILES string of the molecule is COc1ccc([C@H]2C(C(N)=O)=C(C)N=c3s/c(=C\c4ccc(F)cc4)c(=O)n32)cc1. The Kier molecular flexibility index (Phi) is 5.09. The maximum absolute atomic E-state index is 13.3. The third-order valence-electron chi connectivity index (χ3n) is 4.89. The molecule has 0 fully saturated rings. The van der Waals surface area contributed by atoms with Crippen LogP contribution in [0.5, 0.6) is 5.75 Å². The summed E-state index contributed by atoms with van der Waals surface area (Å²) < 4.78 is 20.3. The van der Waals surface area contributed by atoms with Crippen LogP contribution in [-0.2, 0) is 4.79 Å². The number of methoxy groups -OCH3 is 1. The smallest absolute Gasteiger partial charge is 0.271 e. The van der Waals surface area contributed by atoms with Gasteiger partial charge < -0.3 is 10.5 Å². The van der Waals surface area contributed by atoms with Crippen LogP contribution < -0.4 is 25.4 Å². The Bertz CT molecular complexity index is 1340. The number of carbonyl (C=O) groups excluding carboxylic acids is 1. The average Bonchev–Trinajstić information content (AvgIpc) is 3.03. The standard InChI is InChI=1S/C22H18FN3O3S/c1-12-18(20(24)27)19(14-5-9-16(29-2)10-6-14)26-21(28)17(30-22(26)25-12)11-13-3-7-15(23)8-4-13/h3-11,19H,1-2H3,(H2,24,27)/b17-11-/t19-/m0/s1. The molecule has 30 heavy (non-hydrogen) atoms. The molecular weight excluding hydrogens is 405 g/mol. The van der Waals surface area contributed by atoms with Gasteiger partial charge >= 0.3 is 0 Å². The molecule has 4 rings (SSSR count). The Morgan fingerprint density at radius 3 is 2.47 bits per heavy atom. The number of aromatic nitrogens is 1. The zero-order chi connectivity index (χ0) is 21.4. The van der Waals surface area contributed by atoms with Gasteiger partial charge in [0.2, 0.25) is 5.91 Å². The number of fused-ring (bicyclic) bond motifs is 1. The molecule has 0 radical (unpaired) electrons. The highest BCUT2D eigenvalue weighted by Gasteiger charge is 2.31. The number of amides is 1. The number of primary amides is 1. The number of thiazole rings is 1. The Labute approximate surface area is 175 Å². The summed E-state index contributed by atoms with van der Waals surface area (Å²) >= 11 is 1.21. The highest BCUT2D eigenvalue weighted by Crippen LogP contribution is 2.30. The van der Waals surface area contributed by atoms with E-state index in [-0.39, 0.29) is 16.9 Å². The van der Waals surface area contributed by atoms with Crippen LogP contribution in [0.4, 0.5) is 4.39 Å². The van der Waals surface area contributed by atoms with Gasteiger partial charge in [-0.25, -0.2) is 9.38 Å². The Balaban J connectivity index is 1.94. The topological polar surface area (TPSA) is 86.7 Å². The predicted molar refractivity (Wildman–Crippen MR) is 112 cm³/mol. The Hall–Kier alpha value is -3.52. The summed E-state index contributed by atoms with van der Waals surface area (Å²) in [6.07, 6.45) is 1.68. The van der Waals surface area contributed by atoms with Gasteiger partial charge in [0.25, 0.3) is 5.56 Å². The van der Waals surface area contributed by atoms with Gasteiger partial charge in [0.15, 0.2) is 4.80 Å². The van der Waals surface area contributed by atoms with Gasteiger partial charge in [-0.1, -0.05) is 35.6 Å². The van der Waals surface area contributed by atoms with Crippen molar-refractivity contribution < 1.29 is 13.9 Å². The van der Waals surface area contributed by atoms with Gasteiger partial charge in [0.05, 0.1) is 29.0 Å². The summed E-state index contributed by atoms with van der Waals surface area (Å²) in [4.78, 5) is 30.4. The molecule has 2 aromatic carbocycles. The van der Waals surface area contributed by atoms with Crippen molar-refractivity contribution in [3.05, 3.63) is 96.4 Å². The van der Waals surface area contributed by atoms with E-state index >= 15 is 0 Å². The summed E-state index contributed by atoms with van der Waals surface area (Å²) in [5, 5.41) is 0. The summed E-state index contributed by atoms with van der Waals surface area (Å²) in [7, 11) is 1.56. The van der Waals surface area contributed by atoms with Gasteiger partial charge in [0.1, 0.15) is 11.6 Å². The fraction of sp³-hybridized carbons (Fsp3) is 0.136. The second-order valence-corrected chi connectivity index (χ2v) is 7.78. The fourth-order valence-corrected chi connectivity index (χ4v) is 4.49. The molecule has 0 aliphatic carbocycles. The van der Waals surface area contributed by atoms with Gasteiger partial charge in [0, 0.05) is 0 Å². The van der Waals surface area contributed by atoms with E-state index in [1.807, 2.05) is 0 Å². The van der Waals surface area contributed by atoms with E-state index in [4.69, 9.17) is 10.5 Å². The number of allylic oxidation sites excluding steroid dienone is 1. The van der Waals surface area contributed by atoms with Crippen molar-refractivity contribution in [3.63, 3.8) is 0 Å². The number of rotatable bonds is 4. The van der Waals surface area contributed by atoms with Crippen molar-refractivity contribution in [1.82, 2.24) is 4.57 Å². The molecule has 0 saturated carbocycles. The first-order valence-electron chi connectivity index (χ1n) is 9.11. The molecule has 6 nitrogen and oxygen atoms in total. The molecule has 0 spiro atoms. The molecule has 152 valence electrons. The molecule has 0 bridgehead atoms. The zero-order valence-corrected chi connectivity index (χ0v) is 17.1. The second-order valence-electron chi connectivity index (χ2n) is 6.77. The second kappa shape index (κ2) is 7.72. The lowest BCUT2D eigenvalue weighted by Crippen LogP contribution is -2.40. The molecule has 2 N–H and O–H groups in total. The maximum Gasteiger partial charge on any atom is 0.271 e. The highest BCUT2D eigenvalue weighted by atomic mass is 32.1. The third-order valence-corrected chi connectivity index (χ3v) is 5.87. The van der Waals surface area contributed by atoms with Crippen LogP contribution in [-0.4, -0.2) is 17.6 Å². The minimum atomic E-state index is -0.694. The van der Waals surface area contributed by atoms with Crippen LogP contribution in [0.3, 0.4) is 0 Å². The molecule has 1 aromatic heterocycles. The van der Waals surface area contributed by atoms with Crippen molar-refractivity contribution >= 4 is 23.3 Å². The number of hydrogen-bond acceptors (Lipinski definition) is 5. The largest absolute Gasteiger partial charge is 0.497 e. The Morgan fingerprint density at radius 2 is 1.87 bits per heavy atom. The van der Waals surface area contributed by atoms with Gasteiger partial charge in [-0.2, -0.15) is 0 Å². The number of nitrogens with two attached hydrogens (primary N) is 1. The molecule has 2 heterocycles. The molecule has 0 saturated heterocycles. The first-order valence-corrected chi connectivity index (χ1v) is 9.92. The molecule has 0 unspecified atom stereocenters. The Morgan fingerprint density at radius 1 is 1.20 bits per heavy atom. The minimum absolute atomic E-state index is 0.265. The number of benzene rings is 2. The van der Waals surface area contributed by atoms with Crippen LogP contribution in [0, 0.1) is 5.82 Å². The van der Waals surface area contributed by atoms with Crippen molar-refractivity contribution in [2.24, 2.45) is 10.7 Å². The van der Waals surface area contributed by atoms with E-state index in [0.29, 0.717) is 31.9 Å². The van der Waals surface area contributed by atoms with E-state index in [1.54, 1.807) is 56.5 Å². The van der Waals surface area contributed by atoms with Crippen LogP contribution >= 0.6 is 11.3 Å². The summed E-state index contributed by atoms with van der Waals surface area (Å²) in [6.45, 7) is 1.70. The third kappa shape index (κ3) is 3.46. The van der Waals surface area contributed by atoms with E-state index < -0.39 is 11.9 Å². The zero-order valence-electron chi connectivity index (χ0n) is 16.3. The molecule has 1 amide bonds. The van der Waals surface area contributed by atoms with Crippen LogP contribution in [0.15, 0.2) is 69.6 Å². The number of nitrogens with zero attached hydrogens (tertiary/aromatic N) is 2. The number of carbonyl (C=O) groups is 1. The van der Waals surface area contributed by atoms with Crippen LogP contribution in [0.25, 0.3) is 6.08 Å². The average molecular weight is 423 g/mol. The quantitative estimate of drug-likeness (QED) is 0.695. The van der Waals surface area contributed by atoms with Crippen molar-refractivity contribution in [1.29, 1.82) is 0 Å². The normalized spacial score (nSPS) is 16.2. The van der Waals surface area contributed by atoms with E-state index in [0.717, 1.165) is 0 Å². The molecule has 1 atom stereocenters. The molecule has 3 aromatic rings. The summed E-state index contributed by atoms with van der Waals surface area (Å²) in [5.41, 5.74) is 7.50. The van der Waals surface area contributed by atoms with Gasteiger partial charge in [-0.3, -0.25) is 14.2 Å². The molecular formula is C22H18FN3O3S. The molecule has 8 heteroatoms. The first-order chi connectivity index (χ1) is 14.4. The van der Waals surface area contributed by atoms with Gasteiger partial charge in [-0.05, 0) is 48.4 Å². The predicted octanol–water partition coefficient (Wildman–Crippen LogP) is 1.87. The van der Waals surface area contributed by atoms with E-state index in [2.05, 4.69) is 4.99 Å². The lowest BCUT2D eigenvalue weighted by atomic mass is 9.95. The number of halogens is 1. The molecule has 1 aliphatic heterocycles. The van der Waals surface area contributed by atoms with Crippen molar-refractivity contribution in [2.45, 2.75) is 13.0 Å². The minimum Gasteiger partial charge on any atom is -0.497 e. The van der Waals surface area contributed by atoms with Gasteiger partial charge in [-0.15, -0.1) is 0 Å². The van der Waals surface area contributed by atoms with E-state index in [1.165, 1.54) is 28.0 Å². The summed E-state index contributed by atoms with van der Waals surface area (Å²) in [5.74, 6) is -0.330.